The lowest BCUT2D eigenvalue weighted by Crippen LogP contribution is -2.12. The Balaban J connectivity index is 1.24. The number of amides is 1. The number of methoxy groups -OCH3 is 2. The van der Waals surface area contributed by atoms with Crippen molar-refractivity contribution in [2.75, 3.05) is 19.5 Å². The van der Waals surface area contributed by atoms with Gasteiger partial charge in [-0.2, -0.15) is 5.10 Å². The average molecular weight is 512 g/mol. The van der Waals surface area contributed by atoms with Gasteiger partial charge < -0.3 is 23.9 Å². The van der Waals surface area contributed by atoms with Gasteiger partial charge in [-0.1, -0.05) is 36.4 Å². The van der Waals surface area contributed by atoms with E-state index in [2.05, 4.69) is 16.5 Å². The highest BCUT2D eigenvalue weighted by molar-refractivity contribution is 6.03. The molecule has 1 N–H and O–H groups in total. The van der Waals surface area contributed by atoms with E-state index in [-0.39, 0.29) is 18.3 Å². The Bertz CT molecular complexity index is 1600. The molecule has 1 amide bonds. The summed E-state index contributed by atoms with van der Waals surface area (Å²) in [5, 5.41) is 9.81. The number of furan rings is 1. The molecule has 0 saturated heterocycles. The fraction of sp³-hybridized carbons (Fsp3) is 0.200. The first-order valence-corrected chi connectivity index (χ1v) is 12.2. The normalized spacial score (nSPS) is 10.9. The monoisotopic (exact) mass is 511 g/mol. The van der Waals surface area contributed by atoms with Gasteiger partial charge in [-0.05, 0) is 66.6 Å². The van der Waals surface area contributed by atoms with Crippen molar-refractivity contribution in [3.05, 3.63) is 101 Å². The summed E-state index contributed by atoms with van der Waals surface area (Å²) in [6.45, 7) is 4.51. The third-order valence-corrected chi connectivity index (χ3v) is 6.39. The van der Waals surface area contributed by atoms with Crippen LogP contribution in [0.2, 0.25) is 0 Å². The lowest BCUT2D eigenvalue weighted by Gasteiger charge is -2.11. The first-order chi connectivity index (χ1) is 18.4. The maximum atomic E-state index is 13.0. The number of rotatable bonds is 9. The molecule has 5 aromatic rings. The van der Waals surface area contributed by atoms with Crippen molar-refractivity contribution in [3.8, 4) is 17.2 Å². The van der Waals surface area contributed by atoms with E-state index in [1.165, 1.54) is 0 Å². The molecule has 0 bridgehead atoms. The highest BCUT2D eigenvalue weighted by Gasteiger charge is 2.18. The van der Waals surface area contributed by atoms with Gasteiger partial charge in [0.05, 0.1) is 37.8 Å². The molecule has 0 aliphatic carbocycles. The number of anilines is 1. The standard InChI is InChI=1S/C30H29N3O5/c1-19-29(20(2)33(32-19)17-21-9-13-26(35-3)28(15-21)36-4)31-30(34)27-14-12-25(38-27)18-37-24-11-10-22-7-5-6-8-23(22)16-24/h5-16H,17-18H2,1-4H3,(H,31,34). The molecule has 0 atom stereocenters. The predicted octanol–water partition coefficient (Wildman–Crippen LogP) is 6.14. The van der Waals surface area contributed by atoms with Gasteiger partial charge in [-0.3, -0.25) is 9.48 Å². The van der Waals surface area contributed by atoms with Crippen molar-refractivity contribution in [2.24, 2.45) is 0 Å². The topological polar surface area (TPSA) is 87.8 Å². The molecular formula is C30H29N3O5. The number of nitrogens with one attached hydrogen (secondary N) is 1. The summed E-state index contributed by atoms with van der Waals surface area (Å²) < 4.78 is 24.2. The van der Waals surface area contributed by atoms with Crippen molar-refractivity contribution in [3.63, 3.8) is 0 Å². The highest BCUT2D eigenvalue weighted by atomic mass is 16.5. The molecule has 0 unspecified atom stereocenters. The van der Waals surface area contributed by atoms with Crippen LogP contribution in [0.5, 0.6) is 17.2 Å². The van der Waals surface area contributed by atoms with Crippen LogP contribution in [0, 0.1) is 13.8 Å². The van der Waals surface area contributed by atoms with Gasteiger partial charge in [0.2, 0.25) is 0 Å². The minimum absolute atomic E-state index is 0.202. The molecule has 2 aromatic heterocycles. The number of hydrogen-bond acceptors (Lipinski definition) is 6. The van der Waals surface area contributed by atoms with Crippen molar-refractivity contribution in [2.45, 2.75) is 27.0 Å². The summed E-state index contributed by atoms with van der Waals surface area (Å²) in [5.41, 5.74) is 3.19. The zero-order chi connectivity index (χ0) is 26.6. The Kier molecular flexibility index (Phi) is 7.04. The molecule has 0 fully saturated rings. The number of carbonyl (C=O) groups is 1. The number of aryl methyl sites for hydroxylation is 1. The minimum atomic E-state index is -0.348. The van der Waals surface area contributed by atoms with Crippen molar-refractivity contribution in [1.82, 2.24) is 9.78 Å². The third-order valence-electron chi connectivity index (χ3n) is 6.39. The van der Waals surface area contributed by atoms with Crippen LogP contribution in [-0.4, -0.2) is 29.9 Å². The molecule has 0 spiro atoms. The smallest absolute Gasteiger partial charge is 0.291 e. The molecule has 194 valence electrons. The fourth-order valence-electron chi connectivity index (χ4n) is 4.35. The first kappa shape index (κ1) is 25.0. The molecule has 5 rings (SSSR count). The molecular weight excluding hydrogens is 482 g/mol. The van der Waals surface area contributed by atoms with Gasteiger partial charge in [0.15, 0.2) is 17.3 Å². The third kappa shape index (κ3) is 5.20. The van der Waals surface area contributed by atoms with Gasteiger partial charge in [0, 0.05) is 0 Å². The Morgan fingerprint density at radius 2 is 1.71 bits per heavy atom. The second-order valence-electron chi connectivity index (χ2n) is 8.91. The lowest BCUT2D eigenvalue weighted by atomic mass is 10.1. The van der Waals surface area contributed by atoms with Crippen LogP contribution in [0.15, 0.2) is 77.2 Å². The van der Waals surface area contributed by atoms with Crippen LogP contribution in [0.25, 0.3) is 10.8 Å². The molecule has 2 heterocycles. The zero-order valence-electron chi connectivity index (χ0n) is 21.8. The molecule has 3 aromatic carbocycles. The van der Waals surface area contributed by atoms with E-state index in [1.54, 1.807) is 26.4 Å². The first-order valence-electron chi connectivity index (χ1n) is 12.2. The van der Waals surface area contributed by atoms with Crippen LogP contribution >= 0.6 is 0 Å². The average Bonchev–Trinajstić information content (AvgIpc) is 3.52. The second-order valence-corrected chi connectivity index (χ2v) is 8.91. The van der Waals surface area contributed by atoms with Crippen molar-refractivity contribution < 1.29 is 23.4 Å². The van der Waals surface area contributed by atoms with Crippen LogP contribution in [0.1, 0.15) is 33.3 Å². The largest absolute Gasteiger partial charge is 0.493 e. The minimum Gasteiger partial charge on any atom is -0.493 e. The number of nitrogens with zero attached hydrogens (tertiary/aromatic N) is 2. The molecule has 8 heteroatoms. The number of aromatic nitrogens is 2. The number of hydrogen-bond donors (Lipinski definition) is 1. The Morgan fingerprint density at radius 1 is 0.921 bits per heavy atom. The fourth-order valence-corrected chi connectivity index (χ4v) is 4.35. The Morgan fingerprint density at radius 3 is 2.50 bits per heavy atom. The van der Waals surface area contributed by atoms with Gasteiger partial charge in [-0.25, -0.2) is 0 Å². The number of benzene rings is 3. The van der Waals surface area contributed by atoms with Gasteiger partial charge in [-0.15, -0.1) is 0 Å². The Labute approximate surface area is 220 Å². The van der Waals surface area contributed by atoms with Crippen molar-refractivity contribution >= 4 is 22.4 Å². The van der Waals surface area contributed by atoms with E-state index >= 15 is 0 Å². The van der Waals surface area contributed by atoms with Crippen LogP contribution < -0.4 is 19.5 Å². The lowest BCUT2D eigenvalue weighted by molar-refractivity contribution is 0.0992. The molecule has 8 nitrogen and oxygen atoms in total. The second kappa shape index (κ2) is 10.7. The molecule has 38 heavy (non-hydrogen) atoms. The van der Waals surface area contributed by atoms with Gasteiger partial charge >= 0.3 is 0 Å². The van der Waals surface area contributed by atoms with E-state index < -0.39 is 0 Å². The number of fused-ring (bicyclic) bond motifs is 1. The predicted molar refractivity (Wildman–Crippen MR) is 145 cm³/mol. The molecule has 0 saturated carbocycles. The van der Waals surface area contributed by atoms with E-state index in [0.717, 1.165) is 27.8 Å². The van der Waals surface area contributed by atoms with E-state index in [0.29, 0.717) is 35.2 Å². The van der Waals surface area contributed by atoms with E-state index in [4.69, 9.17) is 18.6 Å². The van der Waals surface area contributed by atoms with Crippen molar-refractivity contribution in [1.29, 1.82) is 0 Å². The maximum Gasteiger partial charge on any atom is 0.291 e. The molecule has 0 radical (unpaired) electrons. The summed E-state index contributed by atoms with van der Waals surface area (Å²) in [7, 11) is 3.21. The quantitative estimate of drug-likeness (QED) is 0.256. The SMILES string of the molecule is COc1ccc(Cn2nc(C)c(NC(=O)c3ccc(COc4ccc5ccccc5c4)o3)c2C)cc1OC. The highest BCUT2D eigenvalue weighted by Crippen LogP contribution is 2.29. The Hall–Kier alpha value is -4.72. The summed E-state index contributed by atoms with van der Waals surface area (Å²) in [4.78, 5) is 13.0. The summed E-state index contributed by atoms with van der Waals surface area (Å²) in [6, 6.07) is 23.1. The maximum absolute atomic E-state index is 13.0. The summed E-state index contributed by atoms with van der Waals surface area (Å²) >= 11 is 0. The van der Waals surface area contributed by atoms with E-state index in [1.807, 2.05) is 73.1 Å². The number of ether oxygens (including phenoxy) is 3. The van der Waals surface area contributed by atoms with Crippen LogP contribution in [0.4, 0.5) is 5.69 Å². The van der Waals surface area contributed by atoms with Crippen LogP contribution in [0.3, 0.4) is 0 Å². The van der Waals surface area contributed by atoms with Gasteiger partial charge in [0.1, 0.15) is 18.1 Å². The number of carbonyl (C=O) groups excluding carboxylic acids is 1. The zero-order valence-corrected chi connectivity index (χ0v) is 21.8. The summed E-state index contributed by atoms with van der Waals surface area (Å²) in [5.74, 6) is 2.46. The van der Waals surface area contributed by atoms with Gasteiger partial charge in [0.25, 0.3) is 5.91 Å². The molecule has 0 aliphatic heterocycles. The van der Waals surface area contributed by atoms with Crippen LogP contribution in [-0.2, 0) is 13.2 Å². The van der Waals surface area contributed by atoms with E-state index in [9.17, 15) is 4.79 Å². The summed E-state index contributed by atoms with van der Waals surface area (Å²) in [6.07, 6.45) is 0. The molecule has 0 aliphatic rings.